The Balaban J connectivity index is 1.93. The maximum absolute atomic E-state index is 11.7. The first-order valence-corrected chi connectivity index (χ1v) is 7.56. The van der Waals surface area contributed by atoms with Crippen LogP contribution in [0.15, 0.2) is 41.5 Å². The standard InChI is InChI=1S/C17H17ClN2O5/c1-23-14-6-11(7-15(24-2)17(14)22)9-19-20-16(21)10-25-13-5-3-4-12(18)8-13/h3-9,22H,10H2,1-2H3,(H,20,21)/b19-9+. The minimum absolute atomic E-state index is 0.110. The summed E-state index contributed by atoms with van der Waals surface area (Å²) in [6, 6.07) is 9.83. The highest BCUT2D eigenvalue weighted by Crippen LogP contribution is 2.36. The molecule has 132 valence electrons. The van der Waals surface area contributed by atoms with E-state index < -0.39 is 5.91 Å². The summed E-state index contributed by atoms with van der Waals surface area (Å²) in [7, 11) is 2.84. The SMILES string of the molecule is COc1cc(/C=N/NC(=O)COc2cccc(Cl)c2)cc(OC)c1O. The highest BCUT2D eigenvalue weighted by atomic mass is 35.5. The molecular formula is C17H17ClN2O5. The number of benzene rings is 2. The van der Waals surface area contributed by atoms with E-state index in [0.29, 0.717) is 16.3 Å². The minimum Gasteiger partial charge on any atom is -0.502 e. The maximum Gasteiger partial charge on any atom is 0.277 e. The fraction of sp³-hybridized carbons (Fsp3) is 0.176. The second kappa shape index (κ2) is 8.79. The van der Waals surface area contributed by atoms with Crippen LogP contribution in [-0.2, 0) is 4.79 Å². The van der Waals surface area contributed by atoms with Crippen molar-refractivity contribution in [3.8, 4) is 23.0 Å². The number of hydrogen-bond donors (Lipinski definition) is 2. The molecule has 0 aliphatic carbocycles. The molecule has 25 heavy (non-hydrogen) atoms. The van der Waals surface area contributed by atoms with Crippen LogP contribution >= 0.6 is 11.6 Å². The largest absolute Gasteiger partial charge is 0.502 e. The predicted octanol–water partition coefficient (Wildman–Crippen LogP) is 2.59. The lowest BCUT2D eigenvalue weighted by molar-refractivity contribution is -0.123. The van der Waals surface area contributed by atoms with Crippen LogP contribution in [0.5, 0.6) is 23.0 Å². The van der Waals surface area contributed by atoms with Crippen molar-refractivity contribution in [3.63, 3.8) is 0 Å². The Kier molecular flexibility index (Phi) is 6.47. The van der Waals surface area contributed by atoms with Crippen LogP contribution in [-0.4, -0.2) is 38.1 Å². The van der Waals surface area contributed by atoms with Gasteiger partial charge in [-0.1, -0.05) is 17.7 Å². The second-order valence-electron chi connectivity index (χ2n) is 4.81. The molecule has 2 N–H and O–H groups in total. The zero-order valence-electron chi connectivity index (χ0n) is 13.7. The first-order chi connectivity index (χ1) is 12.0. The second-order valence-corrected chi connectivity index (χ2v) is 5.25. The fourth-order valence-corrected chi connectivity index (χ4v) is 2.09. The van der Waals surface area contributed by atoms with E-state index in [0.717, 1.165) is 0 Å². The number of ether oxygens (including phenoxy) is 3. The summed E-state index contributed by atoms with van der Waals surface area (Å²) in [6.07, 6.45) is 1.39. The number of amides is 1. The van der Waals surface area contributed by atoms with Gasteiger partial charge in [-0.2, -0.15) is 5.10 Å². The van der Waals surface area contributed by atoms with Gasteiger partial charge in [-0.3, -0.25) is 4.79 Å². The van der Waals surface area contributed by atoms with E-state index in [1.165, 1.54) is 20.4 Å². The van der Waals surface area contributed by atoms with Gasteiger partial charge in [0.1, 0.15) is 5.75 Å². The molecule has 0 saturated heterocycles. The van der Waals surface area contributed by atoms with E-state index >= 15 is 0 Å². The van der Waals surface area contributed by atoms with Gasteiger partial charge in [-0.15, -0.1) is 0 Å². The average Bonchev–Trinajstić information content (AvgIpc) is 2.61. The predicted molar refractivity (Wildman–Crippen MR) is 93.9 cm³/mol. The average molecular weight is 365 g/mol. The van der Waals surface area contributed by atoms with Crippen LogP contribution in [0.2, 0.25) is 5.02 Å². The van der Waals surface area contributed by atoms with Crippen molar-refractivity contribution in [2.24, 2.45) is 5.10 Å². The number of phenolic OH excluding ortho intramolecular Hbond substituents is 1. The number of hydrogen-bond acceptors (Lipinski definition) is 6. The Labute approximate surface area is 149 Å². The Hall–Kier alpha value is -2.93. The summed E-state index contributed by atoms with van der Waals surface area (Å²) in [5, 5.41) is 14.2. The monoisotopic (exact) mass is 364 g/mol. The molecule has 0 spiro atoms. The highest BCUT2D eigenvalue weighted by molar-refractivity contribution is 6.30. The van der Waals surface area contributed by atoms with E-state index in [9.17, 15) is 9.90 Å². The first kappa shape index (κ1) is 18.4. The number of phenols is 1. The summed E-state index contributed by atoms with van der Waals surface area (Å²) in [6.45, 7) is -0.208. The number of hydrazone groups is 1. The fourth-order valence-electron chi connectivity index (χ4n) is 1.91. The molecule has 0 unspecified atom stereocenters. The number of halogens is 1. The lowest BCUT2D eigenvalue weighted by Crippen LogP contribution is -2.24. The highest BCUT2D eigenvalue weighted by Gasteiger charge is 2.10. The molecule has 2 aromatic rings. The number of nitrogens with one attached hydrogen (secondary N) is 1. The van der Waals surface area contributed by atoms with Crippen molar-refractivity contribution in [2.75, 3.05) is 20.8 Å². The summed E-state index contributed by atoms with van der Waals surface area (Å²) in [4.78, 5) is 11.7. The Morgan fingerprint density at radius 3 is 2.52 bits per heavy atom. The summed E-state index contributed by atoms with van der Waals surface area (Å²) < 4.78 is 15.4. The maximum atomic E-state index is 11.7. The van der Waals surface area contributed by atoms with Crippen molar-refractivity contribution in [1.82, 2.24) is 5.43 Å². The van der Waals surface area contributed by atoms with Gasteiger partial charge >= 0.3 is 0 Å². The van der Waals surface area contributed by atoms with Crippen LogP contribution in [0.1, 0.15) is 5.56 Å². The summed E-state index contributed by atoms with van der Waals surface area (Å²) in [5.41, 5.74) is 2.91. The number of nitrogens with zero attached hydrogens (tertiary/aromatic N) is 1. The van der Waals surface area contributed by atoms with Gasteiger partial charge in [-0.25, -0.2) is 5.43 Å². The molecule has 2 rings (SSSR count). The molecule has 0 bridgehead atoms. The third-order valence-corrected chi connectivity index (χ3v) is 3.31. The minimum atomic E-state index is -0.436. The van der Waals surface area contributed by atoms with Crippen LogP contribution in [0.3, 0.4) is 0 Å². The van der Waals surface area contributed by atoms with Crippen molar-refractivity contribution >= 4 is 23.7 Å². The Morgan fingerprint density at radius 2 is 1.92 bits per heavy atom. The molecule has 0 saturated carbocycles. The van der Waals surface area contributed by atoms with Gasteiger partial charge < -0.3 is 19.3 Å². The Morgan fingerprint density at radius 1 is 1.24 bits per heavy atom. The van der Waals surface area contributed by atoms with Crippen LogP contribution in [0, 0.1) is 0 Å². The van der Waals surface area contributed by atoms with Crippen molar-refractivity contribution in [2.45, 2.75) is 0 Å². The number of carbonyl (C=O) groups excluding carboxylic acids is 1. The molecule has 0 aliphatic rings. The molecular weight excluding hydrogens is 348 g/mol. The first-order valence-electron chi connectivity index (χ1n) is 7.18. The quantitative estimate of drug-likeness (QED) is 0.582. The molecule has 0 aliphatic heterocycles. The summed E-state index contributed by atoms with van der Waals surface area (Å²) in [5.74, 6) is 0.405. The third-order valence-electron chi connectivity index (χ3n) is 3.07. The van der Waals surface area contributed by atoms with E-state index in [4.69, 9.17) is 25.8 Å². The molecule has 2 aromatic carbocycles. The van der Waals surface area contributed by atoms with Crippen molar-refractivity contribution in [3.05, 3.63) is 47.0 Å². The van der Waals surface area contributed by atoms with E-state index in [2.05, 4.69) is 10.5 Å². The molecule has 0 fully saturated rings. The van der Waals surface area contributed by atoms with Crippen LogP contribution in [0.25, 0.3) is 0 Å². The molecule has 0 heterocycles. The zero-order valence-corrected chi connectivity index (χ0v) is 14.4. The molecule has 8 heteroatoms. The number of aromatic hydroxyl groups is 1. The van der Waals surface area contributed by atoms with Gasteiger partial charge in [0.15, 0.2) is 18.1 Å². The zero-order chi connectivity index (χ0) is 18.2. The van der Waals surface area contributed by atoms with Crippen LogP contribution < -0.4 is 19.6 Å². The lowest BCUT2D eigenvalue weighted by Gasteiger charge is -2.09. The van der Waals surface area contributed by atoms with E-state index in [1.807, 2.05) is 0 Å². The molecule has 1 amide bonds. The smallest absolute Gasteiger partial charge is 0.277 e. The van der Waals surface area contributed by atoms with Gasteiger partial charge in [-0.05, 0) is 30.3 Å². The molecule has 7 nitrogen and oxygen atoms in total. The van der Waals surface area contributed by atoms with Gasteiger partial charge in [0.2, 0.25) is 5.75 Å². The molecule has 0 atom stereocenters. The number of methoxy groups -OCH3 is 2. The summed E-state index contributed by atoms with van der Waals surface area (Å²) >= 11 is 5.83. The number of carbonyl (C=O) groups is 1. The van der Waals surface area contributed by atoms with E-state index in [-0.39, 0.29) is 23.9 Å². The third kappa shape index (κ3) is 5.29. The Bertz CT molecular complexity index is 754. The molecule has 0 aromatic heterocycles. The van der Waals surface area contributed by atoms with Gasteiger partial charge in [0, 0.05) is 10.6 Å². The van der Waals surface area contributed by atoms with E-state index in [1.54, 1.807) is 36.4 Å². The molecule has 0 radical (unpaired) electrons. The lowest BCUT2D eigenvalue weighted by atomic mass is 10.2. The van der Waals surface area contributed by atoms with Crippen molar-refractivity contribution in [1.29, 1.82) is 0 Å². The van der Waals surface area contributed by atoms with Crippen LogP contribution in [0.4, 0.5) is 0 Å². The topological polar surface area (TPSA) is 89.4 Å². The van der Waals surface area contributed by atoms with Crippen molar-refractivity contribution < 1.29 is 24.1 Å². The van der Waals surface area contributed by atoms with Gasteiger partial charge in [0.05, 0.1) is 20.4 Å². The normalized spacial score (nSPS) is 10.5. The van der Waals surface area contributed by atoms with Gasteiger partial charge in [0.25, 0.3) is 5.91 Å². The number of rotatable bonds is 7.